The summed E-state index contributed by atoms with van der Waals surface area (Å²) in [6, 6.07) is 10.9. The minimum Gasteiger partial charge on any atom is -0.508 e. The van der Waals surface area contributed by atoms with Crippen LogP contribution in [0.3, 0.4) is 0 Å². The molecule has 2 atom stereocenters. The number of aliphatic hydroxyl groups is 1. The molecule has 0 aromatic heterocycles. The van der Waals surface area contributed by atoms with E-state index in [0.717, 1.165) is 0 Å². The average molecular weight is 354 g/mol. The first-order valence-corrected chi connectivity index (χ1v) is 8.15. The number of phenolic OH excluding ortho intramolecular Hbond substituents is 4. The fraction of sp³-hybridized carbons (Fsp3) is 0.200. The zero-order valence-electron chi connectivity index (χ0n) is 14.0. The summed E-state index contributed by atoms with van der Waals surface area (Å²) in [7, 11) is 0. The van der Waals surface area contributed by atoms with Crippen molar-refractivity contribution in [3.63, 3.8) is 0 Å². The fourth-order valence-corrected chi connectivity index (χ4v) is 3.59. The van der Waals surface area contributed by atoms with Gasteiger partial charge >= 0.3 is 0 Å². The Morgan fingerprint density at radius 3 is 2.38 bits per heavy atom. The predicted molar refractivity (Wildman–Crippen MR) is 94.7 cm³/mol. The molecule has 134 valence electrons. The maximum absolute atomic E-state index is 11.0. The molecule has 4 rings (SSSR count). The molecule has 0 spiro atoms. The molecule has 0 saturated carbocycles. The van der Waals surface area contributed by atoms with Gasteiger partial charge in [-0.3, -0.25) is 0 Å². The smallest absolute Gasteiger partial charge is 0.165 e. The van der Waals surface area contributed by atoms with Crippen LogP contribution in [0, 0.1) is 0 Å². The highest BCUT2D eigenvalue weighted by Crippen LogP contribution is 2.49. The van der Waals surface area contributed by atoms with Crippen molar-refractivity contribution in [2.45, 2.75) is 25.0 Å². The van der Waals surface area contributed by atoms with Gasteiger partial charge in [0.1, 0.15) is 22.8 Å². The fourth-order valence-electron chi connectivity index (χ4n) is 3.59. The molecule has 0 saturated heterocycles. The van der Waals surface area contributed by atoms with Crippen LogP contribution in [0.5, 0.6) is 28.7 Å². The van der Waals surface area contributed by atoms with Crippen molar-refractivity contribution >= 4 is 10.8 Å². The van der Waals surface area contributed by atoms with Gasteiger partial charge < -0.3 is 30.3 Å². The van der Waals surface area contributed by atoms with Gasteiger partial charge in [-0.05, 0) is 18.4 Å². The number of ether oxygens (including phenoxy) is 1. The highest BCUT2D eigenvalue weighted by atomic mass is 16.5. The van der Waals surface area contributed by atoms with Gasteiger partial charge in [0.15, 0.2) is 17.6 Å². The normalized spacial score (nSPS) is 22.0. The van der Waals surface area contributed by atoms with Crippen LogP contribution in [-0.2, 0) is 6.42 Å². The number of aromatic hydroxyl groups is 4. The molecule has 2 unspecified atom stereocenters. The molecule has 1 aliphatic rings. The second kappa shape index (κ2) is 5.44. The first kappa shape index (κ1) is 16.4. The summed E-state index contributed by atoms with van der Waals surface area (Å²) < 4.78 is 5.94. The second-order valence-electron chi connectivity index (χ2n) is 6.85. The van der Waals surface area contributed by atoms with Crippen molar-refractivity contribution in [2.75, 3.05) is 0 Å². The van der Waals surface area contributed by atoms with Crippen LogP contribution in [0.1, 0.15) is 24.2 Å². The summed E-state index contributed by atoms with van der Waals surface area (Å²) in [5.41, 5.74) is -0.501. The van der Waals surface area contributed by atoms with Crippen molar-refractivity contribution in [1.29, 1.82) is 0 Å². The second-order valence-corrected chi connectivity index (χ2v) is 6.85. The van der Waals surface area contributed by atoms with Crippen LogP contribution in [0.25, 0.3) is 10.8 Å². The third-order valence-electron chi connectivity index (χ3n) is 4.83. The summed E-state index contributed by atoms with van der Waals surface area (Å²) in [5, 5.41) is 52.1. The Morgan fingerprint density at radius 2 is 1.65 bits per heavy atom. The molecular formula is C20H18O6. The number of hydrogen-bond donors (Lipinski definition) is 5. The Kier molecular flexibility index (Phi) is 3.42. The molecule has 0 amide bonds. The molecule has 5 N–H and O–H groups in total. The van der Waals surface area contributed by atoms with E-state index in [1.54, 1.807) is 31.2 Å². The quantitative estimate of drug-likeness (QED) is 0.430. The molecule has 0 aliphatic carbocycles. The van der Waals surface area contributed by atoms with E-state index in [9.17, 15) is 25.5 Å². The van der Waals surface area contributed by atoms with Gasteiger partial charge in [0.2, 0.25) is 0 Å². The van der Waals surface area contributed by atoms with Crippen LogP contribution in [0.2, 0.25) is 0 Å². The first-order chi connectivity index (χ1) is 12.3. The molecule has 6 nitrogen and oxygen atoms in total. The van der Waals surface area contributed by atoms with Crippen LogP contribution in [0.4, 0.5) is 0 Å². The predicted octanol–water partition coefficient (Wildman–Crippen LogP) is 3.09. The highest BCUT2D eigenvalue weighted by molar-refractivity contribution is 5.93. The lowest BCUT2D eigenvalue weighted by atomic mass is 9.82. The third-order valence-corrected chi connectivity index (χ3v) is 4.83. The van der Waals surface area contributed by atoms with Gasteiger partial charge in [-0.25, -0.2) is 0 Å². The topological polar surface area (TPSA) is 110 Å². The van der Waals surface area contributed by atoms with Crippen molar-refractivity contribution in [3.8, 4) is 28.7 Å². The minimum absolute atomic E-state index is 0.0923. The van der Waals surface area contributed by atoms with E-state index in [1.165, 1.54) is 18.2 Å². The minimum atomic E-state index is -1.40. The Labute approximate surface area is 149 Å². The largest absolute Gasteiger partial charge is 0.508 e. The van der Waals surface area contributed by atoms with E-state index in [2.05, 4.69) is 0 Å². The van der Waals surface area contributed by atoms with Gasteiger partial charge in [0.25, 0.3) is 0 Å². The summed E-state index contributed by atoms with van der Waals surface area (Å²) in [4.78, 5) is 0. The van der Waals surface area contributed by atoms with Crippen LogP contribution >= 0.6 is 0 Å². The number of hydrogen-bond acceptors (Lipinski definition) is 6. The van der Waals surface area contributed by atoms with Crippen LogP contribution in [0.15, 0.2) is 42.5 Å². The number of fused-ring (bicyclic) bond motifs is 2. The molecule has 0 radical (unpaired) electrons. The summed E-state index contributed by atoms with van der Waals surface area (Å²) in [6.45, 7) is 1.57. The molecule has 0 bridgehead atoms. The van der Waals surface area contributed by atoms with Crippen LogP contribution in [-0.4, -0.2) is 31.1 Å². The zero-order chi connectivity index (χ0) is 18.6. The number of rotatable bonds is 1. The van der Waals surface area contributed by atoms with E-state index in [4.69, 9.17) is 4.74 Å². The van der Waals surface area contributed by atoms with Crippen LogP contribution < -0.4 is 4.74 Å². The lowest BCUT2D eigenvalue weighted by Crippen LogP contribution is -2.41. The maximum atomic E-state index is 11.0. The molecule has 0 fully saturated rings. The van der Waals surface area contributed by atoms with Crippen molar-refractivity contribution in [3.05, 3.63) is 53.6 Å². The van der Waals surface area contributed by atoms with E-state index in [-0.39, 0.29) is 35.2 Å². The van der Waals surface area contributed by atoms with Gasteiger partial charge in [-0.15, -0.1) is 0 Å². The van der Waals surface area contributed by atoms with E-state index < -0.39 is 11.7 Å². The standard InChI is InChI=1S/C20H18O6/c1-20(25)9-14-15(22)6-10(21)7-17(14)26-19(20)13-8-16(23)18(24)12-5-3-2-4-11(12)13/h2-8,19,21-25H,9H2,1H3. The SMILES string of the molecule is CC1(O)Cc2c(O)cc(O)cc2OC1c1cc(O)c(O)c2ccccc12. The molecule has 1 heterocycles. The molecule has 3 aromatic rings. The monoisotopic (exact) mass is 354 g/mol. The van der Waals surface area contributed by atoms with Crippen molar-refractivity contribution < 1.29 is 30.3 Å². The van der Waals surface area contributed by atoms with Gasteiger partial charge in [-0.2, -0.15) is 0 Å². The molecular weight excluding hydrogens is 336 g/mol. The van der Waals surface area contributed by atoms with E-state index >= 15 is 0 Å². The Balaban J connectivity index is 1.93. The van der Waals surface area contributed by atoms with Crippen molar-refractivity contribution in [2.24, 2.45) is 0 Å². The summed E-state index contributed by atoms with van der Waals surface area (Å²) >= 11 is 0. The molecule has 1 aliphatic heterocycles. The first-order valence-electron chi connectivity index (χ1n) is 8.15. The average Bonchev–Trinajstić information content (AvgIpc) is 2.58. The third kappa shape index (κ3) is 2.38. The van der Waals surface area contributed by atoms with Crippen molar-refractivity contribution in [1.82, 2.24) is 0 Å². The number of phenols is 4. The maximum Gasteiger partial charge on any atom is 0.165 e. The molecule has 26 heavy (non-hydrogen) atoms. The highest BCUT2D eigenvalue weighted by Gasteiger charge is 2.42. The Morgan fingerprint density at radius 1 is 0.962 bits per heavy atom. The Bertz CT molecular complexity index is 1020. The lowest BCUT2D eigenvalue weighted by molar-refractivity contribution is -0.0624. The van der Waals surface area contributed by atoms with Gasteiger partial charge in [-0.1, -0.05) is 24.3 Å². The van der Waals surface area contributed by atoms with E-state index in [0.29, 0.717) is 21.9 Å². The van der Waals surface area contributed by atoms with Gasteiger partial charge in [0.05, 0.1) is 0 Å². The van der Waals surface area contributed by atoms with E-state index in [1.807, 2.05) is 0 Å². The lowest BCUT2D eigenvalue weighted by Gasteiger charge is -2.39. The number of benzene rings is 3. The van der Waals surface area contributed by atoms with Gasteiger partial charge in [0, 0.05) is 35.1 Å². The summed E-state index contributed by atoms with van der Waals surface area (Å²) in [6.07, 6.45) is -0.790. The Hall–Kier alpha value is -3.12. The molecule has 6 heteroatoms. The zero-order valence-corrected chi connectivity index (χ0v) is 14.0. The molecule has 3 aromatic carbocycles. The summed E-state index contributed by atoms with van der Waals surface area (Å²) in [5.74, 6) is -0.606.